The Morgan fingerprint density at radius 1 is 0.879 bits per heavy atom. The van der Waals surface area contributed by atoms with E-state index in [-0.39, 0.29) is 11.9 Å². The standard InChI is InChI=1S/C29H31N3O/c1-4-12-25(22-13-8-6-9-14-22)30-29(33)27-26(23-19-17-21(5-2)18-20-23)31-28(32(27)3)24-15-10-7-11-16-24/h6-11,13-20,25H,4-5,12H2,1-3H3,(H,30,33). The van der Waals surface area contributed by atoms with Gasteiger partial charge in [0, 0.05) is 18.2 Å². The minimum atomic E-state index is -0.107. The molecule has 0 bridgehead atoms. The lowest BCUT2D eigenvalue weighted by molar-refractivity contribution is 0.0927. The number of nitrogens with zero attached hydrogens (tertiary/aromatic N) is 2. The van der Waals surface area contributed by atoms with Crippen molar-refractivity contribution in [3.63, 3.8) is 0 Å². The number of hydrogen-bond acceptors (Lipinski definition) is 2. The summed E-state index contributed by atoms with van der Waals surface area (Å²) in [6.45, 7) is 4.28. The molecule has 0 aliphatic rings. The zero-order chi connectivity index (χ0) is 23.2. The highest BCUT2D eigenvalue weighted by atomic mass is 16.2. The van der Waals surface area contributed by atoms with E-state index in [1.807, 2.05) is 60.1 Å². The van der Waals surface area contributed by atoms with Gasteiger partial charge in [0.1, 0.15) is 17.2 Å². The molecule has 0 aliphatic carbocycles. The molecule has 0 fully saturated rings. The van der Waals surface area contributed by atoms with Gasteiger partial charge >= 0.3 is 0 Å². The van der Waals surface area contributed by atoms with Crippen molar-refractivity contribution in [2.75, 3.05) is 0 Å². The lowest BCUT2D eigenvalue weighted by Gasteiger charge is -2.19. The molecule has 0 aliphatic heterocycles. The zero-order valence-corrected chi connectivity index (χ0v) is 19.6. The Labute approximate surface area is 196 Å². The Hall–Kier alpha value is -3.66. The smallest absolute Gasteiger partial charge is 0.270 e. The first-order chi connectivity index (χ1) is 16.1. The summed E-state index contributed by atoms with van der Waals surface area (Å²) in [6.07, 6.45) is 2.83. The van der Waals surface area contributed by atoms with Crippen molar-refractivity contribution in [1.29, 1.82) is 0 Å². The topological polar surface area (TPSA) is 46.9 Å². The maximum absolute atomic E-state index is 13.7. The molecule has 4 nitrogen and oxygen atoms in total. The number of amides is 1. The van der Waals surface area contributed by atoms with E-state index in [4.69, 9.17) is 4.98 Å². The normalized spacial score (nSPS) is 11.8. The number of aryl methyl sites for hydroxylation is 1. The van der Waals surface area contributed by atoms with Gasteiger partial charge in [-0.2, -0.15) is 0 Å². The summed E-state index contributed by atoms with van der Waals surface area (Å²) in [5, 5.41) is 3.29. The fourth-order valence-electron chi connectivity index (χ4n) is 4.23. The number of rotatable bonds is 8. The molecule has 1 N–H and O–H groups in total. The summed E-state index contributed by atoms with van der Waals surface area (Å²) in [4.78, 5) is 18.7. The van der Waals surface area contributed by atoms with Gasteiger partial charge in [-0.15, -0.1) is 0 Å². The number of nitrogens with one attached hydrogen (secondary N) is 1. The van der Waals surface area contributed by atoms with Crippen molar-refractivity contribution in [3.8, 4) is 22.6 Å². The Bertz CT molecular complexity index is 1200. The van der Waals surface area contributed by atoms with Crippen LogP contribution < -0.4 is 5.32 Å². The Morgan fingerprint density at radius 3 is 2.12 bits per heavy atom. The average Bonchev–Trinajstić information content (AvgIpc) is 3.22. The molecule has 4 rings (SSSR count). The van der Waals surface area contributed by atoms with Crippen molar-refractivity contribution in [2.45, 2.75) is 39.2 Å². The van der Waals surface area contributed by atoms with E-state index in [0.29, 0.717) is 11.4 Å². The van der Waals surface area contributed by atoms with Crippen LogP contribution in [-0.2, 0) is 13.5 Å². The number of carbonyl (C=O) groups excluding carboxylic acids is 1. The van der Waals surface area contributed by atoms with Crippen LogP contribution in [0.15, 0.2) is 84.9 Å². The van der Waals surface area contributed by atoms with E-state index < -0.39 is 0 Å². The molecule has 33 heavy (non-hydrogen) atoms. The first-order valence-electron chi connectivity index (χ1n) is 11.7. The maximum Gasteiger partial charge on any atom is 0.270 e. The molecule has 1 atom stereocenters. The van der Waals surface area contributed by atoms with E-state index in [9.17, 15) is 4.79 Å². The molecule has 4 heteroatoms. The molecule has 4 aromatic rings. The van der Waals surface area contributed by atoms with Crippen molar-refractivity contribution >= 4 is 5.91 Å². The first kappa shape index (κ1) is 22.5. The average molecular weight is 438 g/mol. The largest absolute Gasteiger partial charge is 0.344 e. The fraction of sp³-hybridized carbons (Fsp3) is 0.241. The highest BCUT2D eigenvalue weighted by Crippen LogP contribution is 2.30. The Balaban J connectivity index is 1.78. The fourth-order valence-corrected chi connectivity index (χ4v) is 4.23. The highest BCUT2D eigenvalue weighted by molar-refractivity contribution is 5.99. The van der Waals surface area contributed by atoms with Crippen LogP contribution in [0.3, 0.4) is 0 Å². The van der Waals surface area contributed by atoms with Crippen LogP contribution in [0.2, 0.25) is 0 Å². The summed E-state index contributed by atoms with van der Waals surface area (Å²) in [7, 11) is 1.92. The summed E-state index contributed by atoms with van der Waals surface area (Å²) in [5.74, 6) is 0.672. The van der Waals surface area contributed by atoms with Crippen LogP contribution in [0.25, 0.3) is 22.6 Å². The van der Waals surface area contributed by atoms with Crippen LogP contribution in [-0.4, -0.2) is 15.5 Å². The molecule has 1 aromatic heterocycles. The molecule has 0 radical (unpaired) electrons. The summed E-state index contributed by atoms with van der Waals surface area (Å²) in [6, 6.07) is 28.5. The predicted molar refractivity (Wildman–Crippen MR) is 135 cm³/mol. The number of carbonyl (C=O) groups is 1. The van der Waals surface area contributed by atoms with Crippen LogP contribution >= 0.6 is 0 Å². The zero-order valence-electron chi connectivity index (χ0n) is 19.6. The summed E-state index contributed by atoms with van der Waals surface area (Å²) >= 11 is 0. The molecule has 0 saturated carbocycles. The highest BCUT2D eigenvalue weighted by Gasteiger charge is 2.25. The van der Waals surface area contributed by atoms with Crippen LogP contribution in [0.4, 0.5) is 0 Å². The van der Waals surface area contributed by atoms with Gasteiger partial charge in [-0.3, -0.25) is 4.79 Å². The molecular formula is C29H31N3O. The van der Waals surface area contributed by atoms with Gasteiger partial charge < -0.3 is 9.88 Å². The third-order valence-electron chi connectivity index (χ3n) is 6.06. The van der Waals surface area contributed by atoms with E-state index in [0.717, 1.165) is 41.8 Å². The van der Waals surface area contributed by atoms with Crippen molar-refractivity contribution in [3.05, 3.63) is 102 Å². The Kier molecular flexibility index (Phi) is 7.04. The van der Waals surface area contributed by atoms with Crippen molar-refractivity contribution < 1.29 is 4.79 Å². The molecule has 0 spiro atoms. The van der Waals surface area contributed by atoms with E-state index in [1.165, 1.54) is 5.56 Å². The van der Waals surface area contributed by atoms with Gasteiger partial charge in [0.05, 0.1) is 6.04 Å². The second kappa shape index (κ2) is 10.3. The van der Waals surface area contributed by atoms with Gasteiger partial charge in [-0.1, -0.05) is 105 Å². The molecule has 1 unspecified atom stereocenters. The molecule has 3 aromatic carbocycles. The number of hydrogen-bond donors (Lipinski definition) is 1. The predicted octanol–water partition coefficient (Wildman–Crippen LogP) is 6.59. The summed E-state index contributed by atoms with van der Waals surface area (Å²) in [5.41, 5.74) is 5.60. The van der Waals surface area contributed by atoms with Crippen LogP contribution in [0.5, 0.6) is 0 Å². The molecule has 1 amide bonds. The lowest BCUT2D eigenvalue weighted by Crippen LogP contribution is -2.30. The summed E-state index contributed by atoms with van der Waals surface area (Å²) < 4.78 is 1.92. The second-order valence-electron chi connectivity index (χ2n) is 8.33. The third kappa shape index (κ3) is 4.90. The Morgan fingerprint density at radius 2 is 1.52 bits per heavy atom. The monoisotopic (exact) mass is 437 g/mol. The van der Waals surface area contributed by atoms with E-state index >= 15 is 0 Å². The van der Waals surface area contributed by atoms with Crippen molar-refractivity contribution in [1.82, 2.24) is 14.9 Å². The van der Waals surface area contributed by atoms with Gasteiger partial charge in [0.15, 0.2) is 0 Å². The number of aromatic nitrogens is 2. The van der Waals surface area contributed by atoms with E-state index in [1.54, 1.807) is 0 Å². The second-order valence-corrected chi connectivity index (χ2v) is 8.33. The van der Waals surface area contributed by atoms with Crippen molar-refractivity contribution in [2.24, 2.45) is 7.05 Å². The molecule has 168 valence electrons. The van der Waals surface area contributed by atoms with Gasteiger partial charge in [0.25, 0.3) is 5.91 Å². The maximum atomic E-state index is 13.7. The van der Waals surface area contributed by atoms with E-state index in [2.05, 4.69) is 55.6 Å². The lowest BCUT2D eigenvalue weighted by atomic mass is 10.0. The van der Waals surface area contributed by atoms with Gasteiger partial charge in [0.2, 0.25) is 0 Å². The molecule has 0 saturated heterocycles. The van der Waals surface area contributed by atoms with Gasteiger partial charge in [-0.05, 0) is 24.0 Å². The quantitative estimate of drug-likeness (QED) is 0.338. The number of imidazole rings is 1. The van der Waals surface area contributed by atoms with Crippen LogP contribution in [0.1, 0.15) is 54.3 Å². The first-order valence-corrected chi connectivity index (χ1v) is 11.7. The molecule has 1 heterocycles. The van der Waals surface area contributed by atoms with Crippen LogP contribution in [0, 0.1) is 0 Å². The molecular weight excluding hydrogens is 406 g/mol. The van der Waals surface area contributed by atoms with Gasteiger partial charge in [-0.25, -0.2) is 4.98 Å². The minimum Gasteiger partial charge on any atom is -0.344 e. The SMILES string of the molecule is CCCC(NC(=O)c1c(-c2ccc(CC)cc2)nc(-c2ccccc2)n1C)c1ccccc1. The minimum absolute atomic E-state index is 0.0471. The third-order valence-corrected chi connectivity index (χ3v) is 6.06. The number of benzene rings is 3.